The minimum Gasteiger partial charge on any atom is -0.324 e. The fourth-order valence-corrected chi connectivity index (χ4v) is 1.88. The van der Waals surface area contributed by atoms with Crippen LogP contribution in [-0.4, -0.2) is 15.6 Å². The van der Waals surface area contributed by atoms with Crippen molar-refractivity contribution in [3.05, 3.63) is 33.2 Å². The molecule has 0 aliphatic heterocycles. The number of hydrogen-bond donors (Lipinski definition) is 1. The second kappa shape index (κ2) is 6.50. The maximum atomic E-state index is 12.0. The van der Waals surface area contributed by atoms with Crippen molar-refractivity contribution in [2.24, 2.45) is 0 Å². The molecule has 0 radical (unpaired) electrons. The topological polar surface area (TPSA) is 73.7 Å². The van der Waals surface area contributed by atoms with E-state index in [9.17, 15) is 9.59 Å². The summed E-state index contributed by atoms with van der Waals surface area (Å²) in [5.41, 5.74) is 0.607. The summed E-state index contributed by atoms with van der Waals surface area (Å²) >= 11 is 3.22. The first kappa shape index (κ1) is 14.7. The quantitative estimate of drug-likeness (QED) is 0.671. The van der Waals surface area contributed by atoms with Gasteiger partial charge in [-0.1, -0.05) is 29.3 Å². The summed E-state index contributed by atoms with van der Waals surface area (Å²) in [7, 11) is 0. The zero-order valence-corrected chi connectivity index (χ0v) is 12.0. The standard InChI is InChI=1S/C13H15BrN2O2/c1-3-4-5-11-10(12(17)8(2)14)6-9(7-15)13(18)16-11/h6,8H,3-5H2,1-2H3,(H,16,18). The number of pyridine rings is 1. The Bertz CT molecular complexity index is 541. The van der Waals surface area contributed by atoms with Gasteiger partial charge in [0.15, 0.2) is 5.78 Å². The van der Waals surface area contributed by atoms with Gasteiger partial charge in [0.25, 0.3) is 5.56 Å². The van der Waals surface area contributed by atoms with Crippen molar-refractivity contribution in [1.29, 1.82) is 5.26 Å². The molecule has 1 aromatic rings. The molecule has 0 fully saturated rings. The van der Waals surface area contributed by atoms with Crippen LogP contribution in [0, 0.1) is 11.3 Å². The minimum atomic E-state index is -0.428. The Labute approximate surface area is 114 Å². The first-order chi connectivity index (χ1) is 8.51. The number of nitrogens with one attached hydrogen (secondary N) is 1. The van der Waals surface area contributed by atoms with E-state index in [-0.39, 0.29) is 16.2 Å². The van der Waals surface area contributed by atoms with E-state index in [1.807, 2.05) is 6.92 Å². The average molecular weight is 311 g/mol. The van der Waals surface area contributed by atoms with Crippen molar-refractivity contribution in [2.75, 3.05) is 0 Å². The molecule has 0 spiro atoms. The number of rotatable bonds is 5. The molecular weight excluding hydrogens is 296 g/mol. The number of aromatic nitrogens is 1. The fraction of sp³-hybridized carbons (Fsp3) is 0.462. The Balaban J connectivity index is 3.31. The van der Waals surface area contributed by atoms with Crippen molar-refractivity contribution in [3.8, 4) is 6.07 Å². The van der Waals surface area contributed by atoms with Crippen molar-refractivity contribution in [1.82, 2.24) is 4.98 Å². The summed E-state index contributed by atoms with van der Waals surface area (Å²) in [6.07, 6.45) is 2.50. The molecule has 1 heterocycles. The van der Waals surface area contributed by atoms with Crippen molar-refractivity contribution < 1.29 is 4.79 Å². The van der Waals surface area contributed by atoms with Gasteiger partial charge in [-0.3, -0.25) is 9.59 Å². The fourth-order valence-electron chi connectivity index (χ4n) is 1.64. The molecule has 4 nitrogen and oxygen atoms in total. The zero-order chi connectivity index (χ0) is 13.7. The van der Waals surface area contributed by atoms with E-state index in [0.717, 1.165) is 12.8 Å². The molecule has 5 heteroatoms. The lowest BCUT2D eigenvalue weighted by Gasteiger charge is -2.09. The summed E-state index contributed by atoms with van der Waals surface area (Å²) in [4.78, 5) is 25.9. The third-order valence-electron chi connectivity index (χ3n) is 2.65. The summed E-state index contributed by atoms with van der Waals surface area (Å²) in [5, 5.41) is 8.84. The molecule has 0 saturated heterocycles. The lowest BCUT2D eigenvalue weighted by atomic mass is 10.0. The average Bonchev–Trinajstić information content (AvgIpc) is 2.35. The van der Waals surface area contributed by atoms with Crippen molar-refractivity contribution in [2.45, 2.75) is 37.9 Å². The van der Waals surface area contributed by atoms with Gasteiger partial charge in [0.2, 0.25) is 0 Å². The minimum absolute atomic E-state index is 0.0215. The summed E-state index contributed by atoms with van der Waals surface area (Å²) < 4.78 is 0. The maximum Gasteiger partial charge on any atom is 0.266 e. The van der Waals surface area contributed by atoms with E-state index >= 15 is 0 Å². The number of unbranched alkanes of at least 4 members (excludes halogenated alkanes) is 1. The SMILES string of the molecule is CCCCc1[nH]c(=O)c(C#N)cc1C(=O)C(C)Br. The number of aryl methyl sites for hydroxylation is 1. The second-order valence-electron chi connectivity index (χ2n) is 4.10. The van der Waals surface area contributed by atoms with Gasteiger partial charge in [-0.2, -0.15) is 5.26 Å². The highest BCUT2D eigenvalue weighted by Crippen LogP contribution is 2.15. The molecule has 0 aliphatic carbocycles. The summed E-state index contributed by atoms with van der Waals surface area (Å²) in [6, 6.07) is 3.19. The Kier molecular flexibility index (Phi) is 5.29. The van der Waals surface area contributed by atoms with Crippen LogP contribution in [0.3, 0.4) is 0 Å². The lowest BCUT2D eigenvalue weighted by molar-refractivity contribution is 0.0994. The molecule has 1 atom stereocenters. The Morgan fingerprint density at radius 2 is 2.28 bits per heavy atom. The predicted octanol–water partition coefficient (Wildman–Crippen LogP) is 2.56. The Morgan fingerprint density at radius 1 is 1.61 bits per heavy atom. The van der Waals surface area contributed by atoms with Crippen LogP contribution in [0.15, 0.2) is 10.9 Å². The van der Waals surface area contributed by atoms with E-state index in [4.69, 9.17) is 5.26 Å². The van der Waals surface area contributed by atoms with Crippen LogP contribution in [0.25, 0.3) is 0 Å². The van der Waals surface area contributed by atoms with Crippen molar-refractivity contribution >= 4 is 21.7 Å². The third-order valence-corrected chi connectivity index (χ3v) is 3.07. The van der Waals surface area contributed by atoms with E-state index in [1.54, 1.807) is 13.0 Å². The smallest absolute Gasteiger partial charge is 0.266 e. The van der Waals surface area contributed by atoms with Crippen LogP contribution in [0.1, 0.15) is 48.3 Å². The molecule has 1 N–H and O–H groups in total. The molecule has 0 aromatic carbocycles. The van der Waals surface area contributed by atoms with Crippen LogP contribution in [0.2, 0.25) is 0 Å². The molecule has 1 rings (SSSR count). The van der Waals surface area contributed by atoms with Crippen LogP contribution in [0.5, 0.6) is 0 Å². The van der Waals surface area contributed by atoms with Crippen LogP contribution < -0.4 is 5.56 Å². The van der Waals surface area contributed by atoms with E-state index < -0.39 is 5.56 Å². The number of aromatic amines is 1. The van der Waals surface area contributed by atoms with E-state index in [1.165, 1.54) is 6.07 Å². The molecule has 0 saturated carbocycles. The molecule has 96 valence electrons. The van der Waals surface area contributed by atoms with Crippen LogP contribution >= 0.6 is 15.9 Å². The van der Waals surface area contributed by atoms with Gasteiger partial charge < -0.3 is 4.98 Å². The van der Waals surface area contributed by atoms with Gasteiger partial charge in [0, 0.05) is 11.3 Å². The van der Waals surface area contributed by atoms with Gasteiger partial charge in [-0.15, -0.1) is 0 Å². The van der Waals surface area contributed by atoms with Crippen molar-refractivity contribution in [3.63, 3.8) is 0 Å². The van der Waals surface area contributed by atoms with Gasteiger partial charge >= 0.3 is 0 Å². The van der Waals surface area contributed by atoms with Gasteiger partial charge in [-0.25, -0.2) is 0 Å². The largest absolute Gasteiger partial charge is 0.324 e. The molecular formula is C13H15BrN2O2. The third kappa shape index (κ3) is 3.30. The second-order valence-corrected chi connectivity index (χ2v) is 5.47. The van der Waals surface area contributed by atoms with E-state index in [2.05, 4.69) is 20.9 Å². The molecule has 0 amide bonds. The number of Topliss-reactive ketones (excluding diaryl/α,β-unsaturated/α-hetero) is 1. The first-order valence-electron chi connectivity index (χ1n) is 5.85. The first-order valence-corrected chi connectivity index (χ1v) is 6.77. The number of halogens is 1. The van der Waals surface area contributed by atoms with Gasteiger partial charge in [0.1, 0.15) is 11.6 Å². The number of carbonyl (C=O) groups is 1. The van der Waals surface area contributed by atoms with Gasteiger partial charge in [-0.05, 0) is 25.8 Å². The maximum absolute atomic E-state index is 12.0. The number of nitrogens with zero attached hydrogens (tertiary/aromatic N) is 1. The number of hydrogen-bond acceptors (Lipinski definition) is 3. The predicted molar refractivity (Wildman–Crippen MR) is 73.1 cm³/mol. The molecule has 0 aliphatic rings. The van der Waals surface area contributed by atoms with Crippen LogP contribution in [0.4, 0.5) is 0 Å². The van der Waals surface area contributed by atoms with Gasteiger partial charge in [0.05, 0.1) is 4.83 Å². The molecule has 1 aromatic heterocycles. The number of nitriles is 1. The normalized spacial score (nSPS) is 11.9. The highest BCUT2D eigenvalue weighted by Gasteiger charge is 2.18. The Hall–Kier alpha value is -1.41. The van der Waals surface area contributed by atoms with Crippen LogP contribution in [-0.2, 0) is 6.42 Å². The number of carbonyl (C=O) groups excluding carboxylic acids is 1. The highest BCUT2D eigenvalue weighted by molar-refractivity contribution is 9.10. The molecule has 1 unspecified atom stereocenters. The Morgan fingerprint density at radius 3 is 2.78 bits per heavy atom. The summed E-state index contributed by atoms with van der Waals surface area (Å²) in [6.45, 7) is 3.76. The number of alkyl halides is 1. The molecule has 18 heavy (non-hydrogen) atoms. The molecule has 0 bridgehead atoms. The van der Waals surface area contributed by atoms with E-state index in [0.29, 0.717) is 17.7 Å². The summed E-state index contributed by atoms with van der Waals surface area (Å²) in [5.74, 6) is -0.117. The number of H-pyrrole nitrogens is 1. The lowest BCUT2D eigenvalue weighted by Crippen LogP contribution is -2.20. The highest BCUT2D eigenvalue weighted by atomic mass is 79.9. The number of ketones is 1. The zero-order valence-electron chi connectivity index (χ0n) is 10.4. The monoisotopic (exact) mass is 310 g/mol.